The Labute approximate surface area is 193 Å². The molecule has 0 saturated heterocycles. The van der Waals surface area contributed by atoms with Gasteiger partial charge >= 0.3 is 0 Å². The molecule has 1 heterocycles. The second kappa shape index (κ2) is 8.74. The molecular formula is C28H27FN2O2. The SMILES string of the molecule is CC(C)Oc1ccc(C2CC(=O)C3=C(C2)Nc2ccccc2NC3c2ccc(F)cc2)cc1. The van der Waals surface area contributed by atoms with Crippen molar-refractivity contribution in [3.05, 3.63) is 101 Å². The van der Waals surface area contributed by atoms with Crippen molar-refractivity contribution in [1.82, 2.24) is 0 Å². The normalized spacial score (nSPS) is 19.8. The minimum absolute atomic E-state index is 0.0796. The first-order valence-corrected chi connectivity index (χ1v) is 11.4. The van der Waals surface area contributed by atoms with Gasteiger partial charge in [0.2, 0.25) is 0 Å². The van der Waals surface area contributed by atoms with E-state index >= 15 is 0 Å². The molecule has 168 valence electrons. The highest BCUT2D eigenvalue weighted by molar-refractivity contribution is 6.01. The van der Waals surface area contributed by atoms with Gasteiger partial charge in [0, 0.05) is 17.7 Å². The van der Waals surface area contributed by atoms with Crippen molar-refractivity contribution < 1.29 is 13.9 Å². The lowest BCUT2D eigenvalue weighted by Gasteiger charge is -2.30. The van der Waals surface area contributed by atoms with Crippen molar-refractivity contribution in [2.24, 2.45) is 0 Å². The number of hydrogen-bond donors (Lipinski definition) is 2. The number of carbonyl (C=O) groups excluding carboxylic acids is 1. The molecule has 0 bridgehead atoms. The molecule has 2 atom stereocenters. The largest absolute Gasteiger partial charge is 0.491 e. The van der Waals surface area contributed by atoms with E-state index in [9.17, 15) is 9.18 Å². The van der Waals surface area contributed by atoms with Gasteiger partial charge in [-0.1, -0.05) is 36.4 Å². The van der Waals surface area contributed by atoms with Crippen LogP contribution in [-0.2, 0) is 4.79 Å². The predicted molar refractivity (Wildman–Crippen MR) is 129 cm³/mol. The summed E-state index contributed by atoms with van der Waals surface area (Å²) < 4.78 is 19.4. The van der Waals surface area contributed by atoms with Gasteiger partial charge in [0.15, 0.2) is 5.78 Å². The van der Waals surface area contributed by atoms with E-state index in [2.05, 4.69) is 22.8 Å². The summed E-state index contributed by atoms with van der Waals surface area (Å²) in [6, 6.07) is 22.0. The van der Waals surface area contributed by atoms with E-state index in [1.54, 1.807) is 12.1 Å². The molecule has 0 saturated carbocycles. The maximum atomic E-state index is 13.6. The molecule has 2 unspecified atom stereocenters. The van der Waals surface area contributed by atoms with E-state index in [1.165, 1.54) is 12.1 Å². The number of halogens is 1. The molecule has 2 N–H and O–H groups in total. The van der Waals surface area contributed by atoms with Crippen molar-refractivity contribution in [3.63, 3.8) is 0 Å². The fourth-order valence-electron chi connectivity index (χ4n) is 4.72. The van der Waals surface area contributed by atoms with Gasteiger partial charge in [0.25, 0.3) is 0 Å². The molecule has 0 amide bonds. The molecule has 1 aliphatic heterocycles. The van der Waals surface area contributed by atoms with E-state index in [0.717, 1.165) is 45.9 Å². The molecule has 2 aliphatic rings. The van der Waals surface area contributed by atoms with Crippen LogP contribution in [0, 0.1) is 5.82 Å². The van der Waals surface area contributed by atoms with Gasteiger partial charge in [-0.2, -0.15) is 0 Å². The summed E-state index contributed by atoms with van der Waals surface area (Å²) >= 11 is 0. The molecule has 0 aromatic heterocycles. The van der Waals surface area contributed by atoms with Crippen molar-refractivity contribution >= 4 is 17.2 Å². The number of carbonyl (C=O) groups is 1. The van der Waals surface area contributed by atoms with Crippen molar-refractivity contribution in [1.29, 1.82) is 0 Å². The third-order valence-corrected chi connectivity index (χ3v) is 6.24. The summed E-state index contributed by atoms with van der Waals surface area (Å²) in [6.07, 6.45) is 1.27. The molecule has 0 fully saturated rings. The van der Waals surface area contributed by atoms with Gasteiger partial charge in [-0.05, 0) is 73.7 Å². The van der Waals surface area contributed by atoms with Gasteiger partial charge in [-0.15, -0.1) is 0 Å². The Morgan fingerprint density at radius 2 is 1.55 bits per heavy atom. The predicted octanol–water partition coefficient (Wildman–Crippen LogP) is 6.59. The lowest BCUT2D eigenvalue weighted by atomic mass is 9.78. The van der Waals surface area contributed by atoms with Crippen LogP contribution in [0.5, 0.6) is 5.75 Å². The van der Waals surface area contributed by atoms with Crippen LogP contribution in [0.2, 0.25) is 0 Å². The second-order valence-electron chi connectivity index (χ2n) is 8.96. The first-order chi connectivity index (χ1) is 16.0. The number of para-hydroxylation sites is 2. The number of Topliss-reactive ketones (excluding diaryl/α,β-unsaturated/α-hetero) is 1. The molecular weight excluding hydrogens is 415 g/mol. The maximum absolute atomic E-state index is 13.6. The number of fused-ring (bicyclic) bond motifs is 1. The van der Waals surface area contributed by atoms with E-state index in [0.29, 0.717) is 6.42 Å². The van der Waals surface area contributed by atoms with Crippen LogP contribution >= 0.6 is 0 Å². The minimum Gasteiger partial charge on any atom is -0.491 e. The van der Waals surface area contributed by atoms with Gasteiger partial charge in [-0.25, -0.2) is 4.39 Å². The monoisotopic (exact) mass is 442 g/mol. The molecule has 33 heavy (non-hydrogen) atoms. The quantitative estimate of drug-likeness (QED) is 0.478. The van der Waals surface area contributed by atoms with E-state index in [-0.39, 0.29) is 29.7 Å². The fraction of sp³-hybridized carbons (Fsp3) is 0.250. The number of anilines is 2. The molecule has 4 nitrogen and oxygen atoms in total. The zero-order valence-corrected chi connectivity index (χ0v) is 18.8. The van der Waals surface area contributed by atoms with Crippen LogP contribution in [0.4, 0.5) is 15.8 Å². The van der Waals surface area contributed by atoms with Crippen molar-refractivity contribution in [2.75, 3.05) is 10.6 Å². The summed E-state index contributed by atoms with van der Waals surface area (Å²) in [4.78, 5) is 13.5. The highest BCUT2D eigenvalue weighted by Gasteiger charge is 2.36. The zero-order valence-electron chi connectivity index (χ0n) is 18.8. The van der Waals surface area contributed by atoms with Crippen molar-refractivity contribution in [2.45, 2.75) is 44.8 Å². The Morgan fingerprint density at radius 1 is 0.879 bits per heavy atom. The highest BCUT2D eigenvalue weighted by Crippen LogP contribution is 2.44. The Morgan fingerprint density at radius 3 is 2.24 bits per heavy atom. The molecule has 0 radical (unpaired) electrons. The Kier molecular flexibility index (Phi) is 5.63. The molecule has 1 aliphatic carbocycles. The lowest BCUT2D eigenvalue weighted by Crippen LogP contribution is -2.26. The second-order valence-corrected chi connectivity index (χ2v) is 8.96. The summed E-state index contributed by atoms with van der Waals surface area (Å²) in [6.45, 7) is 4.01. The van der Waals surface area contributed by atoms with Gasteiger partial charge in [0.1, 0.15) is 11.6 Å². The standard InChI is InChI=1S/C28H27FN2O2/c1-17(2)33-22-13-9-18(10-14-22)20-15-25-27(26(32)16-20)28(19-7-11-21(29)12-8-19)31-24-6-4-3-5-23(24)30-25/h3-14,17,20,28,30-31H,15-16H2,1-2H3. The van der Waals surface area contributed by atoms with Gasteiger partial charge in [0.05, 0.1) is 23.5 Å². The number of nitrogens with one attached hydrogen (secondary N) is 2. The first kappa shape index (κ1) is 21.3. The van der Waals surface area contributed by atoms with Gasteiger partial charge < -0.3 is 15.4 Å². The average molecular weight is 443 g/mol. The van der Waals surface area contributed by atoms with E-state index in [4.69, 9.17) is 4.74 Å². The number of benzene rings is 3. The number of rotatable bonds is 4. The topological polar surface area (TPSA) is 50.4 Å². The lowest BCUT2D eigenvalue weighted by molar-refractivity contribution is -0.116. The van der Waals surface area contributed by atoms with Crippen LogP contribution < -0.4 is 15.4 Å². The van der Waals surface area contributed by atoms with Crippen LogP contribution in [0.1, 0.15) is 49.8 Å². The smallest absolute Gasteiger partial charge is 0.163 e. The zero-order chi connectivity index (χ0) is 22.9. The third kappa shape index (κ3) is 4.36. The van der Waals surface area contributed by atoms with E-state index < -0.39 is 0 Å². The molecule has 0 spiro atoms. The third-order valence-electron chi connectivity index (χ3n) is 6.24. The van der Waals surface area contributed by atoms with Crippen LogP contribution in [0.25, 0.3) is 0 Å². The molecule has 5 heteroatoms. The summed E-state index contributed by atoms with van der Waals surface area (Å²) in [5.41, 5.74) is 5.49. The van der Waals surface area contributed by atoms with Crippen LogP contribution in [0.15, 0.2) is 84.1 Å². The Balaban J connectivity index is 1.52. The first-order valence-electron chi connectivity index (χ1n) is 11.4. The van der Waals surface area contributed by atoms with Crippen molar-refractivity contribution in [3.8, 4) is 5.75 Å². The average Bonchev–Trinajstić information content (AvgIpc) is 2.96. The Hall–Kier alpha value is -3.60. The van der Waals surface area contributed by atoms with E-state index in [1.807, 2.05) is 50.2 Å². The molecule has 3 aromatic rings. The summed E-state index contributed by atoms with van der Waals surface area (Å²) in [5, 5.41) is 7.06. The fourth-order valence-corrected chi connectivity index (χ4v) is 4.72. The van der Waals surface area contributed by atoms with Gasteiger partial charge in [-0.3, -0.25) is 4.79 Å². The highest BCUT2D eigenvalue weighted by atomic mass is 19.1. The maximum Gasteiger partial charge on any atom is 0.163 e. The number of allylic oxidation sites excluding steroid dienone is 1. The van der Waals surface area contributed by atoms with Crippen LogP contribution in [0.3, 0.4) is 0 Å². The number of ketones is 1. The molecule has 5 rings (SSSR count). The summed E-state index contributed by atoms with van der Waals surface area (Å²) in [5.74, 6) is 0.722. The number of ether oxygens (including phenoxy) is 1. The summed E-state index contributed by atoms with van der Waals surface area (Å²) in [7, 11) is 0. The minimum atomic E-state index is -0.341. The Bertz CT molecular complexity index is 1200. The molecule has 3 aromatic carbocycles. The number of hydrogen-bond acceptors (Lipinski definition) is 4. The van der Waals surface area contributed by atoms with Crippen LogP contribution in [-0.4, -0.2) is 11.9 Å².